The van der Waals surface area contributed by atoms with Crippen LogP contribution in [0, 0.1) is 30.6 Å². The van der Waals surface area contributed by atoms with E-state index in [4.69, 9.17) is 4.74 Å². The van der Waals surface area contributed by atoms with E-state index in [-0.39, 0.29) is 30.4 Å². The molecule has 2 saturated heterocycles. The Morgan fingerprint density at radius 3 is 2.26 bits per heavy atom. The van der Waals surface area contributed by atoms with Gasteiger partial charge in [0.2, 0.25) is 11.8 Å². The van der Waals surface area contributed by atoms with Crippen LogP contribution in [0.2, 0.25) is 0 Å². The average Bonchev–Trinajstić information content (AvgIpc) is 3.51. The number of carbonyl (C=O) groups excluding carboxylic acids is 4. The van der Waals surface area contributed by atoms with Gasteiger partial charge in [-0.25, -0.2) is 0 Å². The van der Waals surface area contributed by atoms with Crippen LogP contribution >= 0.6 is 15.9 Å². The molecule has 50 heavy (non-hydrogen) atoms. The van der Waals surface area contributed by atoms with Gasteiger partial charge in [-0.05, 0) is 73.7 Å². The fraction of sp³-hybridized carbons (Fsp3) is 0.250. The van der Waals surface area contributed by atoms with E-state index >= 15 is 4.79 Å². The first kappa shape index (κ1) is 32.0. The Morgan fingerprint density at radius 1 is 0.860 bits per heavy atom. The van der Waals surface area contributed by atoms with Crippen molar-refractivity contribution >= 4 is 50.9 Å². The molecule has 2 N–H and O–H groups in total. The van der Waals surface area contributed by atoms with Gasteiger partial charge in [0.25, 0.3) is 11.8 Å². The minimum atomic E-state index is -1.48. The number of allylic oxidation sites excluding steroid dienone is 2. The van der Waals surface area contributed by atoms with E-state index in [0.29, 0.717) is 28.3 Å². The first-order chi connectivity index (χ1) is 24.1. The summed E-state index contributed by atoms with van der Waals surface area (Å²) in [4.78, 5) is 59.7. The van der Waals surface area contributed by atoms with Crippen molar-refractivity contribution in [1.29, 1.82) is 0 Å². The van der Waals surface area contributed by atoms with Crippen LogP contribution in [0.5, 0.6) is 11.5 Å². The monoisotopic (exact) mass is 731 g/mol. The number of ether oxygens (including phenoxy) is 1. The van der Waals surface area contributed by atoms with Gasteiger partial charge in [0.15, 0.2) is 0 Å². The van der Waals surface area contributed by atoms with E-state index < -0.39 is 46.8 Å². The van der Waals surface area contributed by atoms with E-state index in [1.54, 1.807) is 36.4 Å². The zero-order valence-corrected chi connectivity index (χ0v) is 29.0. The average molecular weight is 733 g/mol. The molecular weight excluding hydrogens is 698 g/mol. The standard InChI is InChI=1S/C40H34BrN3O6/c1-22-8-12-25(13-9-22)42-44-37(47)32-21-31-28(18-19-30-34(31)38(48)43(36(30)46)26-14-10-24(41)11-15-26)35(29-17-16-27(50-2)20-33(29)45)40(32,39(44)49)23-6-4-3-5-7-23/h3-18,20,30-32,34-35,42,45H,19,21H2,1-2H3/t30-,31+,32-,34-,35+,40+/m0/s1. The van der Waals surface area contributed by atoms with E-state index in [1.807, 2.05) is 67.6 Å². The largest absolute Gasteiger partial charge is 0.508 e. The van der Waals surface area contributed by atoms with Gasteiger partial charge < -0.3 is 9.84 Å². The Bertz CT molecular complexity index is 2080. The molecule has 4 aromatic carbocycles. The fourth-order valence-electron chi connectivity index (χ4n) is 8.83. The minimum Gasteiger partial charge on any atom is -0.508 e. The SMILES string of the molecule is COc1ccc([C@H]2C3=CC[C@@H]4C(=O)N(c5ccc(Br)cc5)C(=O)[C@@H]4[C@@H]3C[C@H]3C(=O)N(Nc4ccc(C)cc4)C(=O)[C@@]23c2ccccc2)c(O)c1. The van der Waals surface area contributed by atoms with Gasteiger partial charge in [0.1, 0.15) is 11.5 Å². The van der Waals surface area contributed by atoms with Crippen LogP contribution < -0.4 is 15.1 Å². The molecule has 4 aliphatic rings. The van der Waals surface area contributed by atoms with Crippen molar-refractivity contribution in [2.24, 2.45) is 23.7 Å². The topological polar surface area (TPSA) is 116 Å². The number of hydrogen-bond acceptors (Lipinski definition) is 7. The molecule has 0 aromatic heterocycles. The van der Waals surface area contributed by atoms with Gasteiger partial charge in [0.05, 0.1) is 41.7 Å². The Morgan fingerprint density at radius 2 is 1.58 bits per heavy atom. The molecule has 2 aliphatic carbocycles. The molecule has 2 aliphatic heterocycles. The van der Waals surface area contributed by atoms with E-state index in [1.165, 1.54) is 18.1 Å². The molecule has 0 radical (unpaired) electrons. The minimum absolute atomic E-state index is 0.0948. The first-order valence-corrected chi connectivity index (χ1v) is 17.4. The summed E-state index contributed by atoms with van der Waals surface area (Å²) in [5.41, 5.74) is 5.54. The Kier molecular flexibility index (Phi) is 7.67. The van der Waals surface area contributed by atoms with Gasteiger partial charge in [-0.15, -0.1) is 0 Å². The van der Waals surface area contributed by atoms with Crippen LogP contribution in [-0.4, -0.2) is 40.9 Å². The summed E-state index contributed by atoms with van der Waals surface area (Å²) in [6.07, 6.45) is 2.43. The Hall–Kier alpha value is -5.22. The van der Waals surface area contributed by atoms with Crippen LogP contribution in [0.25, 0.3) is 0 Å². The lowest BCUT2D eigenvalue weighted by atomic mass is 9.49. The molecule has 10 heteroatoms. The summed E-state index contributed by atoms with van der Waals surface area (Å²) in [7, 11) is 1.50. The van der Waals surface area contributed by atoms with Gasteiger partial charge >= 0.3 is 0 Å². The second kappa shape index (κ2) is 12.0. The molecule has 0 bridgehead atoms. The lowest BCUT2D eigenvalue weighted by Crippen LogP contribution is -2.53. The third kappa shape index (κ3) is 4.65. The van der Waals surface area contributed by atoms with E-state index in [9.17, 15) is 19.5 Å². The maximum absolute atomic E-state index is 15.2. The summed E-state index contributed by atoms with van der Waals surface area (Å²) in [6, 6.07) is 28.7. The van der Waals surface area contributed by atoms with Crippen LogP contribution in [0.1, 0.15) is 35.4 Å². The maximum atomic E-state index is 15.2. The van der Waals surface area contributed by atoms with Crippen molar-refractivity contribution in [2.75, 3.05) is 17.4 Å². The number of halogens is 1. The van der Waals surface area contributed by atoms with Crippen molar-refractivity contribution in [1.82, 2.24) is 5.01 Å². The number of benzene rings is 4. The van der Waals surface area contributed by atoms with Crippen LogP contribution in [0.3, 0.4) is 0 Å². The number of carbonyl (C=O) groups is 4. The van der Waals surface area contributed by atoms with Crippen molar-refractivity contribution in [3.8, 4) is 11.5 Å². The number of nitrogens with zero attached hydrogens (tertiary/aromatic N) is 2. The molecule has 4 aromatic rings. The van der Waals surface area contributed by atoms with Crippen molar-refractivity contribution in [3.63, 3.8) is 0 Å². The Labute approximate surface area is 297 Å². The zero-order chi connectivity index (χ0) is 34.9. The second-order valence-electron chi connectivity index (χ2n) is 13.5. The van der Waals surface area contributed by atoms with Crippen LogP contribution in [-0.2, 0) is 24.6 Å². The van der Waals surface area contributed by atoms with Crippen molar-refractivity contribution in [2.45, 2.75) is 31.1 Å². The maximum Gasteiger partial charge on any atom is 0.260 e. The number of aryl methyl sites for hydroxylation is 1. The third-order valence-corrected chi connectivity index (χ3v) is 11.6. The van der Waals surface area contributed by atoms with Gasteiger partial charge in [0, 0.05) is 22.0 Å². The molecule has 3 fully saturated rings. The molecule has 2 heterocycles. The molecule has 8 rings (SSSR count). The lowest BCUT2D eigenvalue weighted by Gasteiger charge is -2.50. The normalized spacial score (nSPS) is 27.1. The predicted octanol–water partition coefficient (Wildman–Crippen LogP) is 6.66. The van der Waals surface area contributed by atoms with Crippen LogP contribution in [0.15, 0.2) is 113 Å². The second-order valence-corrected chi connectivity index (χ2v) is 14.4. The molecule has 0 spiro atoms. The number of amides is 4. The summed E-state index contributed by atoms with van der Waals surface area (Å²) < 4.78 is 6.23. The number of methoxy groups -OCH3 is 1. The molecule has 252 valence electrons. The number of anilines is 2. The highest BCUT2D eigenvalue weighted by atomic mass is 79.9. The fourth-order valence-corrected chi connectivity index (χ4v) is 9.10. The smallest absolute Gasteiger partial charge is 0.260 e. The highest BCUT2D eigenvalue weighted by molar-refractivity contribution is 9.10. The van der Waals surface area contributed by atoms with Crippen LogP contribution in [0.4, 0.5) is 11.4 Å². The number of phenolic OH excluding ortho intramolecular Hbond substituents is 1. The van der Waals surface area contributed by atoms with Crippen molar-refractivity contribution in [3.05, 3.63) is 130 Å². The molecule has 1 saturated carbocycles. The van der Waals surface area contributed by atoms with Gasteiger partial charge in [-0.3, -0.25) is 29.5 Å². The summed E-state index contributed by atoms with van der Waals surface area (Å²) >= 11 is 3.43. The molecule has 6 atom stereocenters. The highest BCUT2D eigenvalue weighted by Crippen LogP contribution is 2.65. The zero-order valence-electron chi connectivity index (χ0n) is 27.4. The van der Waals surface area contributed by atoms with Gasteiger partial charge in [-0.2, -0.15) is 5.01 Å². The first-order valence-electron chi connectivity index (χ1n) is 16.6. The number of imide groups is 2. The van der Waals surface area contributed by atoms with Gasteiger partial charge in [-0.1, -0.05) is 81.7 Å². The summed E-state index contributed by atoms with van der Waals surface area (Å²) in [5.74, 6) is -4.83. The number of hydrogen-bond donors (Lipinski definition) is 2. The lowest BCUT2D eigenvalue weighted by molar-refractivity contribution is -0.138. The third-order valence-electron chi connectivity index (χ3n) is 11.0. The molecule has 0 unspecified atom stereocenters. The summed E-state index contributed by atoms with van der Waals surface area (Å²) in [6.45, 7) is 1.95. The summed E-state index contributed by atoms with van der Waals surface area (Å²) in [5, 5.41) is 12.8. The molecular formula is C40H34BrN3O6. The number of phenols is 1. The molecule has 4 amide bonds. The van der Waals surface area contributed by atoms with Crippen molar-refractivity contribution < 1.29 is 29.0 Å². The predicted molar refractivity (Wildman–Crippen MR) is 190 cm³/mol. The number of aromatic hydroxyl groups is 1. The van der Waals surface area contributed by atoms with E-state index in [2.05, 4.69) is 21.4 Å². The highest BCUT2D eigenvalue weighted by Gasteiger charge is 2.70. The quantitative estimate of drug-likeness (QED) is 0.168. The van der Waals surface area contributed by atoms with E-state index in [0.717, 1.165) is 20.6 Å². The number of rotatable bonds is 6. The number of hydrazine groups is 1. The Balaban J connectivity index is 1.32. The molecule has 9 nitrogen and oxygen atoms in total. The number of fused-ring (bicyclic) bond motifs is 4. The number of nitrogens with one attached hydrogen (secondary N) is 1.